The SMILES string of the molecule is CN=C(NCCNC(=O)C(C)(C)C)NCC(C)(C)c1cccc(F)c1.I. The molecule has 0 aliphatic carbocycles. The van der Waals surface area contributed by atoms with E-state index in [1.807, 2.05) is 40.7 Å². The van der Waals surface area contributed by atoms with Crippen molar-refractivity contribution in [2.24, 2.45) is 10.4 Å². The second-order valence-corrected chi connectivity index (χ2v) is 7.75. The molecule has 0 fully saturated rings. The van der Waals surface area contributed by atoms with Crippen LogP contribution >= 0.6 is 24.0 Å². The monoisotopic (exact) mass is 478 g/mol. The Morgan fingerprint density at radius 3 is 2.23 bits per heavy atom. The van der Waals surface area contributed by atoms with E-state index < -0.39 is 5.41 Å². The molecule has 26 heavy (non-hydrogen) atoms. The summed E-state index contributed by atoms with van der Waals surface area (Å²) in [7, 11) is 1.69. The lowest BCUT2D eigenvalue weighted by atomic mass is 9.84. The molecule has 0 spiro atoms. The molecular weight excluding hydrogens is 446 g/mol. The summed E-state index contributed by atoms with van der Waals surface area (Å²) in [5, 5.41) is 9.29. The molecule has 0 saturated heterocycles. The Balaban J connectivity index is 0.00000625. The van der Waals surface area contributed by atoms with Crippen molar-refractivity contribution in [2.75, 3.05) is 26.7 Å². The predicted molar refractivity (Wildman–Crippen MR) is 117 cm³/mol. The highest BCUT2D eigenvalue weighted by Gasteiger charge is 2.22. The Kier molecular flexibility index (Phi) is 10.1. The standard InChI is InChI=1S/C19H31FN4O.HI/c1-18(2,3)16(25)22-10-11-23-17(21-6)24-13-19(4,5)14-8-7-9-15(20)12-14;/h7-9,12H,10-11,13H2,1-6H3,(H,22,25)(H2,21,23,24);1H. The molecule has 7 heteroatoms. The number of hydrogen-bond acceptors (Lipinski definition) is 2. The molecule has 0 bridgehead atoms. The highest BCUT2D eigenvalue weighted by atomic mass is 127. The van der Waals surface area contributed by atoms with E-state index in [9.17, 15) is 9.18 Å². The molecule has 0 atom stereocenters. The first-order valence-electron chi connectivity index (χ1n) is 8.55. The number of nitrogens with zero attached hydrogens (tertiary/aromatic N) is 1. The minimum Gasteiger partial charge on any atom is -0.356 e. The van der Waals surface area contributed by atoms with Crippen molar-refractivity contribution in [1.29, 1.82) is 0 Å². The van der Waals surface area contributed by atoms with Crippen molar-refractivity contribution in [3.8, 4) is 0 Å². The highest BCUT2D eigenvalue weighted by molar-refractivity contribution is 14.0. The van der Waals surface area contributed by atoms with Crippen LogP contribution < -0.4 is 16.0 Å². The fraction of sp³-hybridized carbons (Fsp3) is 0.579. The van der Waals surface area contributed by atoms with Gasteiger partial charge in [-0.2, -0.15) is 0 Å². The number of halogens is 2. The Bertz CT molecular complexity index is 612. The van der Waals surface area contributed by atoms with Gasteiger partial charge in [0.1, 0.15) is 5.82 Å². The molecule has 3 N–H and O–H groups in total. The van der Waals surface area contributed by atoms with Gasteiger partial charge in [-0.05, 0) is 17.7 Å². The van der Waals surface area contributed by atoms with Gasteiger partial charge in [0.2, 0.25) is 5.91 Å². The fourth-order valence-corrected chi connectivity index (χ4v) is 2.16. The van der Waals surface area contributed by atoms with Crippen LogP contribution in [0.5, 0.6) is 0 Å². The van der Waals surface area contributed by atoms with E-state index in [0.29, 0.717) is 25.6 Å². The number of nitrogens with one attached hydrogen (secondary N) is 3. The van der Waals surface area contributed by atoms with E-state index in [-0.39, 0.29) is 41.1 Å². The molecule has 5 nitrogen and oxygen atoms in total. The molecule has 1 rings (SSSR count). The molecule has 1 aromatic rings. The molecule has 0 heterocycles. The minimum atomic E-state index is -0.394. The first kappa shape index (κ1) is 24.6. The molecule has 1 aromatic carbocycles. The van der Waals surface area contributed by atoms with Crippen molar-refractivity contribution in [2.45, 2.75) is 40.0 Å². The lowest BCUT2D eigenvalue weighted by molar-refractivity contribution is -0.128. The molecule has 0 radical (unpaired) electrons. The number of hydrogen-bond donors (Lipinski definition) is 3. The van der Waals surface area contributed by atoms with Crippen LogP contribution in [0, 0.1) is 11.2 Å². The number of carbonyl (C=O) groups is 1. The van der Waals surface area contributed by atoms with E-state index >= 15 is 0 Å². The largest absolute Gasteiger partial charge is 0.356 e. The summed E-state index contributed by atoms with van der Waals surface area (Å²) >= 11 is 0. The van der Waals surface area contributed by atoms with Gasteiger partial charge in [-0.25, -0.2) is 4.39 Å². The summed E-state index contributed by atoms with van der Waals surface area (Å²) in [6.07, 6.45) is 0. The second-order valence-electron chi connectivity index (χ2n) is 7.75. The van der Waals surface area contributed by atoms with Crippen LogP contribution in [-0.4, -0.2) is 38.5 Å². The van der Waals surface area contributed by atoms with Gasteiger partial charge in [0.15, 0.2) is 5.96 Å². The Hall–Kier alpha value is -1.38. The first-order chi connectivity index (χ1) is 11.6. The van der Waals surface area contributed by atoms with Gasteiger partial charge < -0.3 is 16.0 Å². The predicted octanol–water partition coefficient (Wildman–Crippen LogP) is 3.05. The number of aliphatic imine (C=N–C) groups is 1. The molecule has 0 saturated carbocycles. The molecule has 148 valence electrons. The maximum atomic E-state index is 13.4. The summed E-state index contributed by atoms with van der Waals surface area (Å²) in [4.78, 5) is 16.0. The summed E-state index contributed by atoms with van der Waals surface area (Å²) < 4.78 is 13.4. The quantitative estimate of drug-likeness (QED) is 0.255. The zero-order chi connectivity index (χ0) is 19.1. The lowest BCUT2D eigenvalue weighted by Crippen LogP contribution is -2.46. The molecule has 0 aliphatic rings. The smallest absolute Gasteiger partial charge is 0.225 e. The van der Waals surface area contributed by atoms with Crippen LogP contribution in [0.1, 0.15) is 40.2 Å². The number of amides is 1. The van der Waals surface area contributed by atoms with Gasteiger partial charge in [0, 0.05) is 37.5 Å². The van der Waals surface area contributed by atoms with Crippen LogP contribution in [0.15, 0.2) is 29.3 Å². The Morgan fingerprint density at radius 2 is 1.69 bits per heavy atom. The minimum absolute atomic E-state index is 0. The maximum Gasteiger partial charge on any atom is 0.225 e. The van der Waals surface area contributed by atoms with E-state index in [0.717, 1.165) is 5.56 Å². The van der Waals surface area contributed by atoms with Crippen molar-refractivity contribution < 1.29 is 9.18 Å². The number of guanidine groups is 1. The Morgan fingerprint density at radius 1 is 1.08 bits per heavy atom. The van der Waals surface area contributed by atoms with Crippen LogP contribution in [0.3, 0.4) is 0 Å². The second kappa shape index (κ2) is 10.7. The molecular formula is C19H32FIN4O. The van der Waals surface area contributed by atoms with Gasteiger partial charge in [-0.1, -0.05) is 46.8 Å². The van der Waals surface area contributed by atoms with Gasteiger partial charge in [-0.15, -0.1) is 24.0 Å². The van der Waals surface area contributed by atoms with Crippen LogP contribution in [0.4, 0.5) is 4.39 Å². The number of carbonyl (C=O) groups excluding carboxylic acids is 1. The van der Waals surface area contributed by atoms with E-state index in [1.54, 1.807) is 19.2 Å². The molecule has 0 unspecified atom stereocenters. The summed E-state index contributed by atoms with van der Waals surface area (Å²) in [5.41, 5.74) is 0.280. The Labute approximate surface area is 173 Å². The van der Waals surface area contributed by atoms with Crippen LogP contribution in [-0.2, 0) is 10.2 Å². The maximum absolute atomic E-state index is 13.4. The van der Waals surface area contributed by atoms with E-state index in [2.05, 4.69) is 20.9 Å². The summed E-state index contributed by atoms with van der Waals surface area (Å²) in [6, 6.07) is 6.64. The normalized spacial score (nSPS) is 12.2. The fourth-order valence-electron chi connectivity index (χ4n) is 2.16. The summed E-state index contributed by atoms with van der Waals surface area (Å²) in [6.45, 7) is 11.4. The third kappa shape index (κ3) is 8.33. The van der Waals surface area contributed by atoms with Crippen LogP contribution in [0.25, 0.3) is 0 Å². The molecule has 0 aromatic heterocycles. The zero-order valence-corrected chi connectivity index (χ0v) is 18.9. The van der Waals surface area contributed by atoms with E-state index in [1.165, 1.54) is 6.07 Å². The van der Waals surface area contributed by atoms with Gasteiger partial charge in [0.05, 0.1) is 0 Å². The average Bonchev–Trinajstić information content (AvgIpc) is 2.53. The highest BCUT2D eigenvalue weighted by Crippen LogP contribution is 2.22. The number of rotatable bonds is 6. The third-order valence-corrected chi connectivity index (χ3v) is 3.91. The van der Waals surface area contributed by atoms with Crippen molar-refractivity contribution in [1.82, 2.24) is 16.0 Å². The van der Waals surface area contributed by atoms with Gasteiger partial charge in [-0.3, -0.25) is 9.79 Å². The number of benzene rings is 1. The third-order valence-electron chi connectivity index (χ3n) is 3.91. The topological polar surface area (TPSA) is 65.5 Å². The summed E-state index contributed by atoms with van der Waals surface area (Å²) in [5.74, 6) is 0.432. The first-order valence-corrected chi connectivity index (χ1v) is 8.55. The van der Waals surface area contributed by atoms with Crippen molar-refractivity contribution in [3.05, 3.63) is 35.6 Å². The van der Waals surface area contributed by atoms with Crippen molar-refractivity contribution in [3.63, 3.8) is 0 Å². The zero-order valence-electron chi connectivity index (χ0n) is 16.6. The molecule has 1 amide bonds. The lowest BCUT2D eigenvalue weighted by Gasteiger charge is -2.27. The van der Waals surface area contributed by atoms with Gasteiger partial charge in [0.25, 0.3) is 0 Å². The van der Waals surface area contributed by atoms with Crippen LogP contribution in [0.2, 0.25) is 0 Å². The average molecular weight is 478 g/mol. The van der Waals surface area contributed by atoms with Gasteiger partial charge >= 0.3 is 0 Å². The van der Waals surface area contributed by atoms with Crippen molar-refractivity contribution >= 4 is 35.8 Å². The van der Waals surface area contributed by atoms with E-state index in [4.69, 9.17) is 0 Å². The molecule has 0 aliphatic heterocycles.